The van der Waals surface area contributed by atoms with Crippen molar-refractivity contribution in [3.63, 3.8) is 0 Å². The second-order valence-corrected chi connectivity index (χ2v) is 4.75. The maximum Gasteiger partial charge on any atom is 0.170 e. The SMILES string of the molecule is Bc1ccccc1CC(=O)c1cc(Cl)c(O)cc1O. The summed E-state index contributed by atoms with van der Waals surface area (Å²) >= 11 is 5.75. The number of halogens is 1. The van der Waals surface area contributed by atoms with Crippen LogP contribution in [0.4, 0.5) is 0 Å². The van der Waals surface area contributed by atoms with Crippen molar-refractivity contribution in [3.05, 3.63) is 52.5 Å². The predicted octanol–water partition coefficient (Wildman–Crippen LogP) is 1.44. The zero-order valence-corrected chi connectivity index (χ0v) is 11.1. The zero-order valence-electron chi connectivity index (χ0n) is 10.4. The van der Waals surface area contributed by atoms with Crippen molar-refractivity contribution >= 4 is 30.7 Å². The van der Waals surface area contributed by atoms with Crippen LogP contribution in [0.5, 0.6) is 11.5 Å². The Morgan fingerprint density at radius 2 is 1.84 bits per heavy atom. The summed E-state index contributed by atoms with van der Waals surface area (Å²) in [6, 6.07) is 9.91. The van der Waals surface area contributed by atoms with Gasteiger partial charge in [0.25, 0.3) is 0 Å². The first-order valence-corrected chi connectivity index (χ1v) is 6.16. The summed E-state index contributed by atoms with van der Waals surface area (Å²) in [6.07, 6.45) is 0.182. The van der Waals surface area contributed by atoms with Gasteiger partial charge in [-0.25, -0.2) is 0 Å². The fourth-order valence-corrected chi connectivity index (χ4v) is 2.01. The van der Waals surface area contributed by atoms with E-state index in [9.17, 15) is 15.0 Å². The number of phenols is 2. The minimum Gasteiger partial charge on any atom is -0.507 e. The van der Waals surface area contributed by atoms with E-state index >= 15 is 0 Å². The largest absolute Gasteiger partial charge is 0.507 e. The van der Waals surface area contributed by atoms with Crippen molar-refractivity contribution in [2.75, 3.05) is 0 Å². The van der Waals surface area contributed by atoms with Gasteiger partial charge in [-0.15, -0.1) is 0 Å². The van der Waals surface area contributed by atoms with Crippen LogP contribution in [-0.4, -0.2) is 23.8 Å². The number of carbonyl (C=O) groups is 1. The first-order valence-electron chi connectivity index (χ1n) is 5.78. The maximum absolute atomic E-state index is 12.2. The van der Waals surface area contributed by atoms with Crippen molar-refractivity contribution in [2.45, 2.75) is 6.42 Å². The van der Waals surface area contributed by atoms with Crippen LogP contribution in [0.25, 0.3) is 0 Å². The Labute approximate surface area is 116 Å². The number of Topliss-reactive ketones (excluding diaryl/α,β-unsaturated/α-hetero) is 1. The van der Waals surface area contributed by atoms with Gasteiger partial charge in [-0.3, -0.25) is 4.79 Å². The maximum atomic E-state index is 12.2. The molecule has 2 aromatic rings. The molecule has 96 valence electrons. The first kappa shape index (κ1) is 13.5. The summed E-state index contributed by atoms with van der Waals surface area (Å²) in [6.45, 7) is 0. The van der Waals surface area contributed by atoms with Gasteiger partial charge in [-0.05, 0) is 11.6 Å². The molecule has 0 saturated carbocycles. The Morgan fingerprint density at radius 1 is 1.16 bits per heavy atom. The van der Waals surface area contributed by atoms with E-state index < -0.39 is 0 Å². The summed E-state index contributed by atoms with van der Waals surface area (Å²) < 4.78 is 0. The summed E-state index contributed by atoms with van der Waals surface area (Å²) in [5.41, 5.74) is 2.03. The Balaban J connectivity index is 2.31. The number of phenolic OH excluding ortho intramolecular Hbond substituents is 2. The highest BCUT2D eigenvalue weighted by atomic mass is 35.5. The Bertz CT molecular complexity index is 641. The molecule has 0 atom stereocenters. The molecule has 0 aliphatic carbocycles. The summed E-state index contributed by atoms with van der Waals surface area (Å²) in [7, 11) is 1.92. The first-order chi connectivity index (χ1) is 8.99. The van der Waals surface area contributed by atoms with Crippen molar-refractivity contribution in [1.82, 2.24) is 0 Å². The smallest absolute Gasteiger partial charge is 0.170 e. The van der Waals surface area contributed by atoms with E-state index in [-0.39, 0.29) is 34.3 Å². The Morgan fingerprint density at radius 3 is 2.53 bits per heavy atom. The molecule has 0 bridgehead atoms. The van der Waals surface area contributed by atoms with Crippen LogP contribution >= 0.6 is 11.6 Å². The van der Waals surface area contributed by atoms with Gasteiger partial charge in [0, 0.05) is 12.5 Å². The average Bonchev–Trinajstić information content (AvgIpc) is 2.36. The number of hydrogen-bond donors (Lipinski definition) is 2. The summed E-state index contributed by atoms with van der Waals surface area (Å²) in [5.74, 6) is -0.749. The molecule has 3 nitrogen and oxygen atoms in total. The summed E-state index contributed by atoms with van der Waals surface area (Å²) in [4.78, 5) is 12.2. The van der Waals surface area contributed by atoms with Gasteiger partial charge >= 0.3 is 0 Å². The van der Waals surface area contributed by atoms with E-state index in [4.69, 9.17) is 11.6 Å². The number of benzene rings is 2. The molecule has 0 heterocycles. The molecule has 0 fully saturated rings. The molecule has 2 N–H and O–H groups in total. The monoisotopic (exact) mass is 274 g/mol. The average molecular weight is 275 g/mol. The van der Waals surface area contributed by atoms with E-state index in [1.54, 1.807) is 0 Å². The van der Waals surface area contributed by atoms with Gasteiger partial charge in [-0.2, -0.15) is 0 Å². The third-order valence-electron chi connectivity index (χ3n) is 2.98. The van der Waals surface area contributed by atoms with E-state index in [0.29, 0.717) is 0 Å². The van der Waals surface area contributed by atoms with E-state index in [1.165, 1.54) is 6.07 Å². The van der Waals surface area contributed by atoms with Crippen molar-refractivity contribution < 1.29 is 15.0 Å². The Hall–Kier alpha value is -1.94. The highest BCUT2D eigenvalue weighted by molar-refractivity contribution is 6.34. The second-order valence-electron chi connectivity index (χ2n) is 4.35. The Kier molecular flexibility index (Phi) is 3.81. The van der Waals surface area contributed by atoms with Gasteiger partial charge in [0.05, 0.1) is 10.6 Å². The molecule has 0 spiro atoms. The lowest BCUT2D eigenvalue weighted by molar-refractivity contribution is 0.0990. The topological polar surface area (TPSA) is 57.5 Å². The van der Waals surface area contributed by atoms with E-state index in [2.05, 4.69) is 0 Å². The van der Waals surface area contributed by atoms with E-state index in [0.717, 1.165) is 17.1 Å². The highest BCUT2D eigenvalue weighted by Crippen LogP contribution is 2.31. The minimum absolute atomic E-state index is 0.0472. The molecule has 0 radical (unpaired) electrons. The highest BCUT2D eigenvalue weighted by Gasteiger charge is 2.15. The van der Waals surface area contributed by atoms with Gasteiger partial charge in [0.2, 0.25) is 0 Å². The summed E-state index contributed by atoms with van der Waals surface area (Å²) in [5, 5.41) is 19.1. The van der Waals surface area contributed by atoms with Crippen LogP contribution in [0, 0.1) is 0 Å². The van der Waals surface area contributed by atoms with Crippen LogP contribution in [0.2, 0.25) is 5.02 Å². The lowest BCUT2D eigenvalue weighted by atomic mass is 9.87. The quantitative estimate of drug-likeness (QED) is 0.658. The fraction of sp³-hybridized carbons (Fsp3) is 0.0714. The number of rotatable bonds is 3. The molecular weight excluding hydrogens is 262 g/mol. The van der Waals surface area contributed by atoms with Gasteiger partial charge in [-0.1, -0.05) is 41.3 Å². The van der Waals surface area contributed by atoms with Crippen molar-refractivity contribution in [1.29, 1.82) is 0 Å². The van der Waals surface area contributed by atoms with Crippen molar-refractivity contribution in [3.8, 4) is 11.5 Å². The lowest BCUT2D eigenvalue weighted by Gasteiger charge is -2.08. The lowest BCUT2D eigenvalue weighted by Crippen LogP contribution is -2.14. The molecule has 19 heavy (non-hydrogen) atoms. The number of carbonyl (C=O) groups excluding carboxylic acids is 1. The molecule has 0 amide bonds. The third kappa shape index (κ3) is 2.91. The predicted molar refractivity (Wildman–Crippen MR) is 77.4 cm³/mol. The molecule has 0 aliphatic rings. The van der Waals surface area contributed by atoms with Gasteiger partial charge in [0.15, 0.2) is 5.78 Å². The van der Waals surface area contributed by atoms with Crippen LogP contribution in [0.1, 0.15) is 15.9 Å². The number of aromatic hydroxyl groups is 2. The molecule has 0 aromatic heterocycles. The number of ketones is 1. The zero-order chi connectivity index (χ0) is 14.0. The number of hydrogen-bond acceptors (Lipinski definition) is 3. The van der Waals surface area contributed by atoms with Gasteiger partial charge in [0.1, 0.15) is 19.3 Å². The molecular formula is C14H12BClO3. The molecule has 0 aliphatic heterocycles. The van der Waals surface area contributed by atoms with Gasteiger partial charge < -0.3 is 10.2 Å². The molecule has 0 unspecified atom stereocenters. The van der Waals surface area contributed by atoms with Crippen LogP contribution in [-0.2, 0) is 6.42 Å². The van der Waals surface area contributed by atoms with Crippen LogP contribution in [0.3, 0.4) is 0 Å². The standard InChI is InChI=1S/C14H12BClO3/c15-10-4-2-1-3-8(10)5-12(17)9-6-11(16)14(19)7-13(9)18/h1-4,6-7,18-19H,5,15H2. The molecule has 5 heteroatoms. The van der Waals surface area contributed by atoms with Crippen LogP contribution in [0.15, 0.2) is 36.4 Å². The molecule has 2 rings (SSSR count). The van der Waals surface area contributed by atoms with E-state index in [1.807, 2.05) is 32.1 Å². The second kappa shape index (κ2) is 5.37. The fourth-order valence-electron chi connectivity index (χ4n) is 1.85. The normalized spacial score (nSPS) is 10.4. The minimum atomic E-state index is -0.263. The molecule has 0 saturated heterocycles. The molecule has 2 aromatic carbocycles. The third-order valence-corrected chi connectivity index (χ3v) is 3.28. The van der Waals surface area contributed by atoms with Crippen LogP contribution < -0.4 is 5.46 Å². The van der Waals surface area contributed by atoms with Crippen molar-refractivity contribution in [2.24, 2.45) is 0 Å².